The molecule has 3 nitrogen and oxygen atoms in total. The fourth-order valence-electron chi connectivity index (χ4n) is 2.16. The number of hydrogen-bond acceptors (Lipinski definition) is 4. The third-order valence-corrected chi connectivity index (χ3v) is 4.08. The van der Waals surface area contributed by atoms with E-state index >= 15 is 0 Å². The highest BCUT2D eigenvalue weighted by Crippen LogP contribution is 2.22. The average Bonchev–Trinajstić information content (AvgIpc) is 2.80. The Kier molecular flexibility index (Phi) is 3.48. The first-order valence-corrected chi connectivity index (χ1v) is 7.23. The highest BCUT2D eigenvalue weighted by Gasteiger charge is 2.09. The summed E-state index contributed by atoms with van der Waals surface area (Å²) in [5.41, 5.74) is 8.32. The van der Waals surface area contributed by atoms with E-state index in [1.165, 1.54) is 0 Å². The molecule has 0 unspecified atom stereocenters. The van der Waals surface area contributed by atoms with Crippen LogP contribution in [-0.4, -0.2) is 10.8 Å². The second-order valence-corrected chi connectivity index (χ2v) is 5.83. The normalized spacial score (nSPS) is 10.8. The Hall–Kier alpha value is -2.20. The molecule has 2 N–H and O–H groups in total. The molecule has 1 heterocycles. The average molecular weight is 282 g/mol. The molecule has 0 fully saturated rings. The van der Waals surface area contributed by atoms with Crippen molar-refractivity contribution in [1.29, 1.82) is 0 Å². The van der Waals surface area contributed by atoms with Crippen LogP contribution in [0.25, 0.3) is 10.2 Å². The third-order valence-electron chi connectivity index (χ3n) is 3.04. The molecule has 0 bridgehead atoms. The van der Waals surface area contributed by atoms with Crippen LogP contribution in [0.15, 0.2) is 48.5 Å². The Morgan fingerprint density at radius 3 is 2.75 bits per heavy atom. The maximum absolute atomic E-state index is 12.1. The summed E-state index contributed by atoms with van der Waals surface area (Å²) in [5, 5.41) is 0.875. The number of carbonyl (C=O) groups is 1. The van der Waals surface area contributed by atoms with Gasteiger partial charge in [-0.15, -0.1) is 11.3 Å². The van der Waals surface area contributed by atoms with E-state index in [1.54, 1.807) is 11.3 Å². The second-order valence-electron chi connectivity index (χ2n) is 4.71. The van der Waals surface area contributed by atoms with Crippen LogP contribution in [0.5, 0.6) is 0 Å². The summed E-state index contributed by atoms with van der Waals surface area (Å²) in [7, 11) is 0. The first-order valence-electron chi connectivity index (χ1n) is 6.41. The molecule has 0 saturated carbocycles. The summed E-state index contributed by atoms with van der Waals surface area (Å²) in [4.78, 5) is 16.6. The summed E-state index contributed by atoms with van der Waals surface area (Å²) < 4.78 is 1.12. The van der Waals surface area contributed by atoms with Gasteiger partial charge in [0.25, 0.3) is 0 Å². The summed E-state index contributed by atoms with van der Waals surface area (Å²) >= 11 is 1.58. The number of hydrogen-bond donors (Lipinski definition) is 1. The molecule has 100 valence electrons. The van der Waals surface area contributed by atoms with E-state index < -0.39 is 0 Å². The number of para-hydroxylation sites is 1. The zero-order chi connectivity index (χ0) is 13.9. The van der Waals surface area contributed by atoms with Crippen molar-refractivity contribution in [1.82, 2.24) is 4.98 Å². The largest absolute Gasteiger partial charge is 0.399 e. The van der Waals surface area contributed by atoms with E-state index in [9.17, 15) is 4.79 Å². The van der Waals surface area contributed by atoms with Gasteiger partial charge in [-0.05, 0) is 29.8 Å². The lowest BCUT2D eigenvalue weighted by Gasteiger charge is -2.00. The summed E-state index contributed by atoms with van der Waals surface area (Å²) in [5.74, 6) is 0.162. The third kappa shape index (κ3) is 2.86. The molecular formula is C16H14N2OS. The number of nitrogen functional groups attached to an aromatic ring is 1. The topological polar surface area (TPSA) is 56.0 Å². The van der Waals surface area contributed by atoms with Crippen LogP contribution >= 0.6 is 11.3 Å². The van der Waals surface area contributed by atoms with Crippen molar-refractivity contribution in [3.05, 3.63) is 59.1 Å². The summed E-state index contributed by atoms with van der Waals surface area (Å²) in [6.07, 6.45) is 0.787. The van der Waals surface area contributed by atoms with E-state index in [0.29, 0.717) is 18.5 Å². The number of aromatic nitrogens is 1. The molecule has 0 spiro atoms. The van der Waals surface area contributed by atoms with Gasteiger partial charge in [0.05, 0.1) is 16.6 Å². The van der Waals surface area contributed by atoms with E-state index in [4.69, 9.17) is 5.73 Å². The van der Waals surface area contributed by atoms with Gasteiger partial charge in [-0.1, -0.05) is 24.3 Å². The quantitative estimate of drug-likeness (QED) is 0.747. The number of Topliss-reactive ketones (excluding diaryl/α,β-unsaturated/α-hetero) is 1. The van der Waals surface area contributed by atoms with Crippen molar-refractivity contribution < 1.29 is 4.79 Å². The lowest BCUT2D eigenvalue weighted by molar-refractivity contribution is -0.117. The molecule has 0 amide bonds. The van der Waals surface area contributed by atoms with Crippen molar-refractivity contribution in [3.8, 4) is 0 Å². The van der Waals surface area contributed by atoms with E-state index in [1.807, 2.05) is 48.5 Å². The van der Waals surface area contributed by atoms with Crippen LogP contribution in [0.2, 0.25) is 0 Å². The number of nitrogens with two attached hydrogens (primary N) is 1. The number of benzene rings is 2. The number of carbonyl (C=O) groups excluding carboxylic acids is 1. The maximum atomic E-state index is 12.1. The van der Waals surface area contributed by atoms with Crippen LogP contribution in [-0.2, 0) is 17.6 Å². The van der Waals surface area contributed by atoms with E-state index in [-0.39, 0.29) is 5.78 Å². The summed E-state index contributed by atoms with van der Waals surface area (Å²) in [6.45, 7) is 0. The minimum atomic E-state index is 0.162. The molecule has 0 aliphatic carbocycles. The summed E-state index contributed by atoms with van der Waals surface area (Å²) in [6, 6.07) is 15.4. The predicted molar refractivity (Wildman–Crippen MR) is 82.9 cm³/mol. The molecule has 2 aromatic carbocycles. The van der Waals surface area contributed by atoms with Crippen LogP contribution in [0, 0.1) is 0 Å². The molecule has 0 radical (unpaired) electrons. The molecule has 3 aromatic rings. The lowest BCUT2D eigenvalue weighted by Crippen LogP contribution is -2.06. The molecule has 1 aromatic heterocycles. The number of ketones is 1. The zero-order valence-corrected chi connectivity index (χ0v) is 11.7. The molecule has 0 atom stereocenters. The van der Waals surface area contributed by atoms with Gasteiger partial charge in [0, 0.05) is 12.1 Å². The predicted octanol–water partition coefficient (Wildman–Crippen LogP) is 3.23. The van der Waals surface area contributed by atoms with Crippen molar-refractivity contribution in [2.45, 2.75) is 12.8 Å². The van der Waals surface area contributed by atoms with Crippen molar-refractivity contribution in [3.63, 3.8) is 0 Å². The molecule has 4 heteroatoms. The molecule has 0 saturated heterocycles. The standard InChI is InChI=1S/C16H14N2OS/c17-12-5-3-4-11(8-12)9-13(19)10-16-18-14-6-1-2-7-15(14)20-16/h1-8H,9-10,17H2. The maximum Gasteiger partial charge on any atom is 0.144 e. The van der Waals surface area contributed by atoms with Gasteiger partial charge in [-0.25, -0.2) is 4.98 Å². The highest BCUT2D eigenvalue weighted by molar-refractivity contribution is 7.18. The number of anilines is 1. The number of fused-ring (bicyclic) bond motifs is 1. The minimum Gasteiger partial charge on any atom is -0.399 e. The van der Waals surface area contributed by atoms with Gasteiger partial charge in [-0.3, -0.25) is 4.79 Å². The number of rotatable bonds is 4. The molecular weight excluding hydrogens is 268 g/mol. The molecule has 20 heavy (non-hydrogen) atoms. The number of nitrogens with zero attached hydrogens (tertiary/aromatic N) is 1. The first-order chi connectivity index (χ1) is 9.70. The van der Waals surface area contributed by atoms with Gasteiger partial charge in [0.2, 0.25) is 0 Å². The van der Waals surface area contributed by atoms with Gasteiger partial charge in [0.15, 0.2) is 0 Å². The minimum absolute atomic E-state index is 0.162. The molecule has 0 aliphatic rings. The second kappa shape index (κ2) is 5.43. The SMILES string of the molecule is Nc1cccc(CC(=O)Cc2nc3ccccc3s2)c1. The Morgan fingerprint density at radius 1 is 1.10 bits per heavy atom. The van der Waals surface area contributed by atoms with Crippen LogP contribution in [0.4, 0.5) is 5.69 Å². The van der Waals surface area contributed by atoms with Gasteiger partial charge in [-0.2, -0.15) is 0 Å². The first kappa shape index (κ1) is 12.8. The highest BCUT2D eigenvalue weighted by atomic mass is 32.1. The smallest absolute Gasteiger partial charge is 0.144 e. The monoisotopic (exact) mass is 282 g/mol. The lowest BCUT2D eigenvalue weighted by atomic mass is 10.1. The molecule has 0 aliphatic heterocycles. The van der Waals surface area contributed by atoms with Gasteiger partial charge < -0.3 is 5.73 Å². The fourth-order valence-corrected chi connectivity index (χ4v) is 3.15. The van der Waals surface area contributed by atoms with Crippen molar-refractivity contribution >= 4 is 33.0 Å². The van der Waals surface area contributed by atoms with Crippen LogP contribution in [0.3, 0.4) is 0 Å². The van der Waals surface area contributed by atoms with Crippen LogP contribution in [0.1, 0.15) is 10.6 Å². The fraction of sp³-hybridized carbons (Fsp3) is 0.125. The van der Waals surface area contributed by atoms with E-state index in [0.717, 1.165) is 20.8 Å². The Morgan fingerprint density at radius 2 is 1.95 bits per heavy atom. The Labute approximate surface area is 121 Å². The Balaban J connectivity index is 1.72. The Bertz CT molecular complexity index is 731. The van der Waals surface area contributed by atoms with Crippen LogP contribution < -0.4 is 5.73 Å². The molecule has 3 rings (SSSR count). The zero-order valence-electron chi connectivity index (χ0n) is 10.9. The van der Waals surface area contributed by atoms with Crippen molar-refractivity contribution in [2.24, 2.45) is 0 Å². The van der Waals surface area contributed by atoms with Gasteiger partial charge >= 0.3 is 0 Å². The van der Waals surface area contributed by atoms with Crippen molar-refractivity contribution in [2.75, 3.05) is 5.73 Å². The van der Waals surface area contributed by atoms with Gasteiger partial charge in [0.1, 0.15) is 10.8 Å². The number of thiazole rings is 1. The van der Waals surface area contributed by atoms with E-state index in [2.05, 4.69) is 4.98 Å².